The highest BCUT2D eigenvalue weighted by atomic mass is 32.2. The summed E-state index contributed by atoms with van der Waals surface area (Å²) in [4.78, 5) is 16.1. The molecule has 0 atom stereocenters. The highest BCUT2D eigenvalue weighted by molar-refractivity contribution is 7.99. The third-order valence-electron chi connectivity index (χ3n) is 3.85. The molecule has 0 fully saturated rings. The molecule has 12 heteroatoms. The summed E-state index contributed by atoms with van der Waals surface area (Å²) in [7, 11) is -3.51. The van der Waals surface area contributed by atoms with Crippen LogP contribution in [0.5, 0.6) is 0 Å². The van der Waals surface area contributed by atoms with Crippen LogP contribution >= 0.6 is 23.1 Å². The first-order chi connectivity index (χ1) is 13.9. The van der Waals surface area contributed by atoms with Gasteiger partial charge in [0, 0.05) is 18.1 Å². The lowest BCUT2D eigenvalue weighted by Crippen LogP contribution is -2.30. The van der Waals surface area contributed by atoms with E-state index < -0.39 is 10.0 Å². The molecule has 0 unspecified atom stereocenters. The molecule has 29 heavy (non-hydrogen) atoms. The number of sulfonamides is 1. The molecule has 0 saturated heterocycles. The van der Waals surface area contributed by atoms with Crippen LogP contribution in [0, 0.1) is 0 Å². The van der Waals surface area contributed by atoms with E-state index in [1.54, 1.807) is 35.8 Å². The number of aromatic nitrogens is 4. The highest BCUT2D eigenvalue weighted by Gasteiger charge is 2.22. The minimum absolute atomic E-state index is 0.0511. The maximum Gasteiger partial charge on any atom is 0.236 e. The Morgan fingerprint density at radius 2 is 2.03 bits per heavy atom. The van der Waals surface area contributed by atoms with E-state index in [-0.39, 0.29) is 18.2 Å². The molecule has 3 aromatic rings. The SMILES string of the molecule is CCn1c(CN(c2ccccc2)S(C)(=O)=O)nnc1SCC(=O)Nc1nccs1. The predicted octanol–water partition coefficient (Wildman–Crippen LogP) is 2.45. The Bertz CT molecular complexity index is 1050. The van der Waals surface area contributed by atoms with Crippen LogP contribution in [0.25, 0.3) is 0 Å². The van der Waals surface area contributed by atoms with Crippen molar-refractivity contribution in [1.82, 2.24) is 19.7 Å². The van der Waals surface area contributed by atoms with Gasteiger partial charge in [0.15, 0.2) is 16.1 Å². The zero-order chi connectivity index (χ0) is 20.9. The number of para-hydroxylation sites is 1. The first kappa shape index (κ1) is 21.3. The lowest BCUT2D eigenvalue weighted by molar-refractivity contribution is -0.113. The number of nitrogens with zero attached hydrogens (tertiary/aromatic N) is 5. The molecule has 3 rings (SSSR count). The number of thioether (sulfide) groups is 1. The van der Waals surface area contributed by atoms with E-state index in [1.165, 1.54) is 27.4 Å². The van der Waals surface area contributed by atoms with Crippen LogP contribution in [-0.4, -0.2) is 46.1 Å². The third-order valence-corrected chi connectivity index (χ3v) is 6.65. The Hall–Kier alpha value is -2.44. The molecule has 0 spiro atoms. The van der Waals surface area contributed by atoms with Gasteiger partial charge in [0.25, 0.3) is 0 Å². The Balaban J connectivity index is 1.73. The van der Waals surface area contributed by atoms with E-state index in [9.17, 15) is 13.2 Å². The normalized spacial score (nSPS) is 11.4. The summed E-state index contributed by atoms with van der Waals surface area (Å²) < 4.78 is 27.7. The minimum atomic E-state index is -3.51. The van der Waals surface area contributed by atoms with Crippen molar-refractivity contribution in [3.05, 3.63) is 47.7 Å². The van der Waals surface area contributed by atoms with Crippen LogP contribution in [0.15, 0.2) is 47.1 Å². The Labute approximate surface area is 177 Å². The van der Waals surface area contributed by atoms with Gasteiger partial charge >= 0.3 is 0 Å². The van der Waals surface area contributed by atoms with Crippen molar-refractivity contribution in [1.29, 1.82) is 0 Å². The van der Waals surface area contributed by atoms with Crippen molar-refractivity contribution < 1.29 is 13.2 Å². The molecule has 0 aliphatic heterocycles. The Kier molecular flexibility index (Phi) is 6.87. The highest BCUT2D eigenvalue weighted by Crippen LogP contribution is 2.23. The molecule has 154 valence electrons. The minimum Gasteiger partial charge on any atom is -0.305 e. The third kappa shape index (κ3) is 5.55. The second-order valence-corrected chi connectivity index (χ2v) is 9.67. The molecule has 0 saturated carbocycles. The van der Waals surface area contributed by atoms with E-state index in [0.717, 1.165) is 6.26 Å². The van der Waals surface area contributed by atoms with Crippen molar-refractivity contribution >= 4 is 49.8 Å². The van der Waals surface area contributed by atoms with E-state index in [0.29, 0.717) is 28.3 Å². The molecule has 1 amide bonds. The fourth-order valence-electron chi connectivity index (χ4n) is 2.55. The zero-order valence-electron chi connectivity index (χ0n) is 15.8. The molecule has 1 aromatic carbocycles. The first-order valence-corrected chi connectivity index (χ1v) is 12.4. The first-order valence-electron chi connectivity index (χ1n) is 8.65. The maximum atomic E-state index is 12.3. The van der Waals surface area contributed by atoms with Crippen molar-refractivity contribution in [2.24, 2.45) is 0 Å². The largest absolute Gasteiger partial charge is 0.305 e. The topological polar surface area (TPSA) is 110 Å². The fourth-order valence-corrected chi connectivity index (χ4v) is 4.77. The number of carbonyl (C=O) groups is 1. The summed E-state index contributed by atoms with van der Waals surface area (Å²) in [5.74, 6) is 0.454. The van der Waals surface area contributed by atoms with Crippen molar-refractivity contribution in [2.75, 3.05) is 21.6 Å². The van der Waals surface area contributed by atoms with Gasteiger partial charge in [-0.05, 0) is 19.1 Å². The van der Waals surface area contributed by atoms with Crippen LogP contribution in [0.1, 0.15) is 12.7 Å². The average Bonchev–Trinajstić information content (AvgIpc) is 3.33. The second kappa shape index (κ2) is 9.37. The summed E-state index contributed by atoms with van der Waals surface area (Å²) in [6.45, 7) is 2.51. The zero-order valence-corrected chi connectivity index (χ0v) is 18.3. The van der Waals surface area contributed by atoms with Gasteiger partial charge in [-0.15, -0.1) is 21.5 Å². The van der Waals surface area contributed by atoms with Gasteiger partial charge in [-0.3, -0.25) is 9.10 Å². The van der Waals surface area contributed by atoms with Gasteiger partial charge in [-0.2, -0.15) is 0 Å². The van der Waals surface area contributed by atoms with Gasteiger partial charge < -0.3 is 9.88 Å². The number of hydrogen-bond acceptors (Lipinski definition) is 8. The average molecular weight is 453 g/mol. The fraction of sp³-hybridized carbons (Fsp3) is 0.294. The van der Waals surface area contributed by atoms with Crippen LogP contribution in [0.2, 0.25) is 0 Å². The standard InChI is InChI=1S/C17H20N6O3S3/c1-3-22-14(11-23(29(2,25)26)13-7-5-4-6-8-13)20-21-17(22)28-12-15(24)19-16-18-9-10-27-16/h4-10H,3,11-12H2,1-2H3,(H,18,19,24). The van der Waals surface area contributed by atoms with E-state index in [2.05, 4.69) is 20.5 Å². The van der Waals surface area contributed by atoms with Gasteiger partial charge in [-0.25, -0.2) is 13.4 Å². The van der Waals surface area contributed by atoms with Crippen molar-refractivity contribution in [2.45, 2.75) is 25.2 Å². The molecule has 0 aliphatic rings. The molecule has 2 heterocycles. The van der Waals surface area contributed by atoms with Crippen LogP contribution in [-0.2, 0) is 27.9 Å². The van der Waals surface area contributed by atoms with Gasteiger partial charge in [-0.1, -0.05) is 30.0 Å². The number of carbonyl (C=O) groups excluding carboxylic acids is 1. The van der Waals surface area contributed by atoms with Gasteiger partial charge in [0.1, 0.15) is 0 Å². The molecular weight excluding hydrogens is 432 g/mol. The smallest absolute Gasteiger partial charge is 0.236 e. The molecule has 0 aliphatic carbocycles. The quantitative estimate of drug-likeness (QED) is 0.497. The van der Waals surface area contributed by atoms with Crippen LogP contribution in [0.3, 0.4) is 0 Å². The summed E-state index contributed by atoms with van der Waals surface area (Å²) in [6, 6.07) is 8.84. The second-order valence-electron chi connectivity index (χ2n) is 5.92. The van der Waals surface area contributed by atoms with Crippen molar-refractivity contribution in [3.8, 4) is 0 Å². The van der Waals surface area contributed by atoms with Gasteiger partial charge in [0.2, 0.25) is 15.9 Å². The van der Waals surface area contributed by atoms with Crippen LogP contribution in [0.4, 0.5) is 10.8 Å². The summed E-state index contributed by atoms with van der Waals surface area (Å²) in [6.07, 6.45) is 2.78. The number of rotatable bonds is 9. The number of amides is 1. The molecule has 2 aromatic heterocycles. The Morgan fingerprint density at radius 1 is 1.28 bits per heavy atom. The molecule has 0 radical (unpaired) electrons. The summed E-state index contributed by atoms with van der Waals surface area (Å²) >= 11 is 2.58. The lowest BCUT2D eigenvalue weighted by atomic mass is 10.3. The molecular formula is C17H20N6O3S3. The number of hydrogen-bond donors (Lipinski definition) is 1. The molecule has 9 nitrogen and oxygen atoms in total. The number of benzene rings is 1. The molecule has 1 N–H and O–H groups in total. The maximum absolute atomic E-state index is 12.3. The number of nitrogens with one attached hydrogen (secondary N) is 1. The number of anilines is 2. The molecule has 0 bridgehead atoms. The Morgan fingerprint density at radius 3 is 2.66 bits per heavy atom. The number of thiazole rings is 1. The van der Waals surface area contributed by atoms with Crippen molar-refractivity contribution in [3.63, 3.8) is 0 Å². The summed E-state index contributed by atoms with van der Waals surface area (Å²) in [5, 5.41) is 13.9. The lowest BCUT2D eigenvalue weighted by Gasteiger charge is -2.22. The monoisotopic (exact) mass is 452 g/mol. The van der Waals surface area contributed by atoms with E-state index in [4.69, 9.17) is 0 Å². The van der Waals surface area contributed by atoms with Gasteiger partial charge in [0.05, 0.1) is 24.2 Å². The van der Waals surface area contributed by atoms with E-state index >= 15 is 0 Å². The summed E-state index contributed by atoms with van der Waals surface area (Å²) in [5.41, 5.74) is 0.553. The predicted molar refractivity (Wildman–Crippen MR) is 115 cm³/mol. The van der Waals surface area contributed by atoms with E-state index in [1.807, 2.05) is 17.6 Å². The van der Waals surface area contributed by atoms with Crippen LogP contribution < -0.4 is 9.62 Å².